The van der Waals surface area contributed by atoms with Gasteiger partial charge >= 0.3 is 4.71 Å². The largest absolute Gasteiger partial charge is 0.423 e. The highest BCUT2D eigenvalue weighted by atomic mass is 35.5. The predicted molar refractivity (Wildman–Crippen MR) is 61.1 cm³/mol. The van der Waals surface area contributed by atoms with Gasteiger partial charge in [0.05, 0.1) is 0 Å². The molecular weight excluding hydrogens is 258 g/mol. The third kappa shape index (κ3) is 2.27. The lowest BCUT2D eigenvalue weighted by Crippen LogP contribution is -2.22. The van der Waals surface area contributed by atoms with Crippen molar-refractivity contribution in [2.75, 3.05) is 0 Å². The lowest BCUT2D eigenvalue weighted by Gasteiger charge is -2.09. The maximum Gasteiger partial charge on any atom is 0.419 e. The highest BCUT2D eigenvalue weighted by Crippen LogP contribution is 2.45. The maximum absolute atomic E-state index is 6.06. The van der Waals surface area contributed by atoms with Crippen molar-refractivity contribution in [3.63, 3.8) is 0 Å². The van der Waals surface area contributed by atoms with Crippen LogP contribution in [0.4, 0.5) is 0 Å². The Morgan fingerprint density at radius 3 is 2.40 bits per heavy atom. The molecule has 82 valence electrons. The van der Waals surface area contributed by atoms with Gasteiger partial charge in [-0.25, -0.2) is 0 Å². The molecule has 1 heterocycles. The highest BCUT2D eigenvalue weighted by Gasteiger charge is 2.38. The lowest BCUT2D eigenvalue weighted by molar-refractivity contribution is 0.0849. The Balaban J connectivity index is 2.36. The van der Waals surface area contributed by atoms with E-state index in [1.165, 1.54) is 0 Å². The second kappa shape index (κ2) is 3.93. The van der Waals surface area contributed by atoms with Crippen LogP contribution in [0.1, 0.15) is 18.9 Å². The minimum atomic E-state index is -1.63. The first-order valence-electron chi connectivity index (χ1n) is 4.60. The third-order valence-electron chi connectivity index (χ3n) is 2.09. The van der Waals surface area contributed by atoms with E-state index in [-0.39, 0.29) is 0 Å². The van der Waals surface area contributed by atoms with Crippen LogP contribution in [0.3, 0.4) is 0 Å². The first-order chi connectivity index (χ1) is 7.02. The first kappa shape index (κ1) is 11.2. The fourth-order valence-corrected chi connectivity index (χ4v) is 2.06. The number of ether oxygens (including phenoxy) is 2. The molecule has 0 radical (unpaired) electrons. The van der Waals surface area contributed by atoms with Crippen LogP contribution in [0.25, 0.3) is 0 Å². The number of halogens is 3. The molecule has 0 N–H and O–H groups in total. The third-order valence-corrected chi connectivity index (χ3v) is 2.75. The lowest BCUT2D eigenvalue weighted by atomic mass is 10.1. The molecule has 0 atom stereocenters. The summed E-state index contributed by atoms with van der Waals surface area (Å²) >= 11 is 17.4. The van der Waals surface area contributed by atoms with Gasteiger partial charge in [0, 0.05) is 11.1 Å². The summed E-state index contributed by atoms with van der Waals surface area (Å²) in [5.41, 5.74) is 1.01. The summed E-state index contributed by atoms with van der Waals surface area (Å²) in [6.45, 7) is 2.08. The Hall–Kier alpha value is -0.310. The summed E-state index contributed by atoms with van der Waals surface area (Å²) in [7, 11) is 0. The van der Waals surface area contributed by atoms with Crippen LogP contribution in [0.5, 0.6) is 11.5 Å². The minimum absolute atomic E-state index is 0.477. The van der Waals surface area contributed by atoms with Crippen LogP contribution >= 0.6 is 34.8 Å². The Labute approximate surface area is 103 Å². The van der Waals surface area contributed by atoms with E-state index < -0.39 is 4.71 Å². The van der Waals surface area contributed by atoms with E-state index in [0.29, 0.717) is 16.5 Å². The molecule has 1 aromatic rings. The summed E-state index contributed by atoms with van der Waals surface area (Å²) in [4.78, 5) is 0. The zero-order chi connectivity index (χ0) is 11.1. The fourth-order valence-electron chi connectivity index (χ4n) is 1.47. The zero-order valence-corrected chi connectivity index (χ0v) is 10.3. The van der Waals surface area contributed by atoms with Crippen LogP contribution in [0, 0.1) is 0 Å². The SMILES string of the molecule is CCCc1cc2c(cc1Cl)OC(Cl)(Cl)O2. The van der Waals surface area contributed by atoms with Crippen molar-refractivity contribution in [3.05, 3.63) is 22.7 Å². The van der Waals surface area contributed by atoms with Crippen molar-refractivity contribution < 1.29 is 9.47 Å². The number of aryl methyl sites for hydroxylation is 1. The van der Waals surface area contributed by atoms with Crippen molar-refractivity contribution in [2.45, 2.75) is 24.5 Å². The molecular formula is C10H9Cl3O2. The maximum atomic E-state index is 6.06. The van der Waals surface area contributed by atoms with Crippen LogP contribution < -0.4 is 9.47 Å². The standard InChI is InChI=1S/C10H9Cl3O2/c1-2-3-6-4-8-9(5-7(6)11)15-10(12,13)14-8/h4-5H,2-3H2,1H3. The zero-order valence-electron chi connectivity index (χ0n) is 8.02. The van der Waals surface area contributed by atoms with Gasteiger partial charge in [-0.05, 0) is 41.3 Å². The molecule has 0 amide bonds. The molecule has 5 heteroatoms. The van der Waals surface area contributed by atoms with Crippen molar-refractivity contribution in [3.8, 4) is 11.5 Å². The molecule has 15 heavy (non-hydrogen) atoms. The highest BCUT2D eigenvalue weighted by molar-refractivity contribution is 6.46. The fraction of sp³-hybridized carbons (Fsp3) is 0.400. The molecule has 0 saturated heterocycles. The van der Waals surface area contributed by atoms with Crippen molar-refractivity contribution in [1.82, 2.24) is 0 Å². The molecule has 2 nitrogen and oxygen atoms in total. The molecule has 0 aliphatic carbocycles. The van der Waals surface area contributed by atoms with E-state index in [1.807, 2.05) is 6.07 Å². The molecule has 0 spiro atoms. The average molecular weight is 268 g/mol. The summed E-state index contributed by atoms with van der Waals surface area (Å²) in [6, 6.07) is 3.49. The van der Waals surface area contributed by atoms with Crippen molar-refractivity contribution >= 4 is 34.8 Å². The van der Waals surface area contributed by atoms with Gasteiger partial charge in [-0.1, -0.05) is 24.9 Å². The summed E-state index contributed by atoms with van der Waals surface area (Å²) < 4.78 is 8.69. The number of hydrogen-bond acceptors (Lipinski definition) is 2. The van der Waals surface area contributed by atoms with Gasteiger partial charge in [0.2, 0.25) is 0 Å². The predicted octanol–water partition coefficient (Wildman–Crippen LogP) is 4.15. The van der Waals surface area contributed by atoms with Gasteiger partial charge in [0.25, 0.3) is 0 Å². The second-order valence-corrected chi connectivity index (χ2v) is 4.90. The van der Waals surface area contributed by atoms with Crippen LogP contribution in [0.2, 0.25) is 5.02 Å². The van der Waals surface area contributed by atoms with E-state index in [9.17, 15) is 0 Å². The Morgan fingerprint density at radius 1 is 1.20 bits per heavy atom. The van der Waals surface area contributed by atoms with E-state index in [1.54, 1.807) is 6.07 Å². The van der Waals surface area contributed by atoms with Gasteiger partial charge in [-0.2, -0.15) is 0 Å². The van der Waals surface area contributed by atoms with Gasteiger partial charge in [0.15, 0.2) is 11.5 Å². The normalized spacial score (nSPS) is 16.8. The smallest absolute Gasteiger partial charge is 0.419 e. The quantitative estimate of drug-likeness (QED) is 0.749. The molecule has 0 saturated carbocycles. The number of fused-ring (bicyclic) bond motifs is 1. The molecule has 2 rings (SSSR count). The van der Waals surface area contributed by atoms with Gasteiger partial charge in [0.1, 0.15) is 0 Å². The van der Waals surface area contributed by atoms with Gasteiger partial charge < -0.3 is 9.47 Å². The Bertz CT molecular complexity index is 390. The van der Waals surface area contributed by atoms with Crippen LogP contribution in [-0.4, -0.2) is 4.71 Å². The number of hydrogen-bond donors (Lipinski definition) is 0. The number of benzene rings is 1. The first-order valence-corrected chi connectivity index (χ1v) is 5.73. The van der Waals surface area contributed by atoms with Crippen LogP contribution in [0.15, 0.2) is 12.1 Å². The van der Waals surface area contributed by atoms with Crippen molar-refractivity contribution in [2.24, 2.45) is 0 Å². The molecule has 0 aromatic heterocycles. The number of rotatable bonds is 2. The molecule has 0 bridgehead atoms. The summed E-state index contributed by atoms with van der Waals surface area (Å²) in [5, 5.41) is 0.644. The van der Waals surface area contributed by atoms with Gasteiger partial charge in [-0.3, -0.25) is 0 Å². The van der Waals surface area contributed by atoms with Crippen molar-refractivity contribution in [1.29, 1.82) is 0 Å². The Morgan fingerprint density at radius 2 is 1.80 bits per heavy atom. The molecule has 1 aliphatic rings. The topological polar surface area (TPSA) is 18.5 Å². The minimum Gasteiger partial charge on any atom is -0.423 e. The Kier molecular flexibility index (Phi) is 2.93. The monoisotopic (exact) mass is 266 g/mol. The van der Waals surface area contributed by atoms with Gasteiger partial charge in [-0.15, -0.1) is 0 Å². The van der Waals surface area contributed by atoms with E-state index >= 15 is 0 Å². The molecule has 1 aromatic carbocycles. The second-order valence-electron chi connectivity index (χ2n) is 3.31. The van der Waals surface area contributed by atoms with Crippen LogP contribution in [-0.2, 0) is 6.42 Å². The number of alkyl halides is 2. The van der Waals surface area contributed by atoms with E-state index in [0.717, 1.165) is 18.4 Å². The molecule has 0 unspecified atom stereocenters. The summed E-state index contributed by atoms with van der Waals surface area (Å²) in [6.07, 6.45) is 1.89. The summed E-state index contributed by atoms with van der Waals surface area (Å²) in [5.74, 6) is 1.01. The molecule has 1 aliphatic heterocycles. The van der Waals surface area contributed by atoms with E-state index in [4.69, 9.17) is 44.3 Å². The molecule has 0 fully saturated rings. The average Bonchev–Trinajstić information content (AvgIpc) is 2.39. The van der Waals surface area contributed by atoms with E-state index in [2.05, 4.69) is 6.92 Å².